The Bertz CT molecular complexity index is 329. The number of rotatable bonds is 10. The van der Waals surface area contributed by atoms with E-state index in [1.54, 1.807) is 0 Å². The summed E-state index contributed by atoms with van der Waals surface area (Å²) in [5.41, 5.74) is -0.535. The Hall–Kier alpha value is -0.610. The standard InChI is InChI=1S/C17H34N2O2/c1-7-14(5)11-19(8-2)12-17(15-9-10-15,16(20)21-6)18-13(3)4/h13-15,18H,7-12H2,1-6H3. The van der Waals surface area contributed by atoms with E-state index in [9.17, 15) is 4.79 Å². The van der Waals surface area contributed by atoms with Gasteiger partial charge in [0.25, 0.3) is 0 Å². The van der Waals surface area contributed by atoms with Gasteiger partial charge < -0.3 is 9.64 Å². The molecule has 1 aliphatic carbocycles. The highest BCUT2D eigenvalue weighted by atomic mass is 16.5. The lowest BCUT2D eigenvalue weighted by Crippen LogP contribution is -2.63. The second-order valence-corrected chi connectivity index (χ2v) is 6.88. The fraction of sp³-hybridized carbons (Fsp3) is 0.941. The van der Waals surface area contributed by atoms with Gasteiger partial charge in [0.2, 0.25) is 0 Å². The van der Waals surface area contributed by atoms with Crippen molar-refractivity contribution in [1.82, 2.24) is 10.2 Å². The van der Waals surface area contributed by atoms with Crippen LogP contribution in [0.5, 0.6) is 0 Å². The van der Waals surface area contributed by atoms with E-state index in [4.69, 9.17) is 4.74 Å². The molecule has 21 heavy (non-hydrogen) atoms. The molecule has 1 rings (SSSR count). The van der Waals surface area contributed by atoms with Crippen LogP contribution in [-0.4, -0.2) is 49.2 Å². The molecule has 0 saturated heterocycles. The number of carbonyl (C=O) groups is 1. The smallest absolute Gasteiger partial charge is 0.327 e. The number of hydrogen-bond acceptors (Lipinski definition) is 4. The topological polar surface area (TPSA) is 41.6 Å². The van der Waals surface area contributed by atoms with Crippen molar-refractivity contribution in [3.05, 3.63) is 0 Å². The molecule has 0 aromatic rings. The van der Waals surface area contributed by atoms with Gasteiger partial charge in [0, 0.05) is 19.1 Å². The van der Waals surface area contributed by atoms with Crippen molar-refractivity contribution >= 4 is 5.97 Å². The van der Waals surface area contributed by atoms with E-state index in [0.29, 0.717) is 11.8 Å². The Morgan fingerprint density at radius 3 is 2.33 bits per heavy atom. The predicted octanol–water partition coefficient (Wildman–Crippen LogP) is 2.67. The second-order valence-electron chi connectivity index (χ2n) is 6.88. The molecule has 124 valence electrons. The minimum absolute atomic E-state index is 0.0960. The molecule has 4 heteroatoms. The summed E-state index contributed by atoms with van der Waals surface area (Å²) in [4.78, 5) is 14.9. The van der Waals surface area contributed by atoms with Crippen LogP contribution in [0.25, 0.3) is 0 Å². The molecule has 0 heterocycles. The molecular weight excluding hydrogens is 264 g/mol. The predicted molar refractivity (Wildman–Crippen MR) is 87.3 cm³/mol. The first-order valence-electron chi connectivity index (χ1n) is 8.48. The summed E-state index contributed by atoms with van der Waals surface area (Å²) < 4.78 is 5.17. The molecule has 0 aromatic carbocycles. The minimum atomic E-state index is -0.535. The molecular formula is C17H34N2O2. The molecule has 0 radical (unpaired) electrons. The van der Waals surface area contributed by atoms with E-state index in [0.717, 1.165) is 32.5 Å². The number of carbonyl (C=O) groups excluding carboxylic acids is 1. The zero-order valence-electron chi connectivity index (χ0n) is 14.7. The lowest BCUT2D eigenvalue weighted by Gasteiger charge is -2.39. The van der Waals surface area contributed by atoms with Crippen molar-refractivity contribution in [2.75, 3.05) is 26.7 Å². The van der Waals surface area contributed by atoms with Gasteiger partial charge in [-0.1, -0.05) is 27.2 Å². The molecule has 4 nitrogen and oxygen atoms in total. The van der Waals surface area contributed by atoms with Crippen LogP contribution in [0.1, 0.15) is 53.9 Å². The average Bonchev–Trinajstić information content (AvgIpc) is 3.28. The first kappa shape index (κ1) is 18.4. The van der Waals surface area contributed by atoms with Gasteiger partial charge in [-0.3, -0.25) is 5.32 Å². The van der Waals surface area contributed by atoms with Crippen LogP contribution in [-0.2, 0) is 9.53 Å². The number of nitrogens with zero attached hydrogens (tertiary/aromatic N) is 1. The third-order valence-electron chi connectivity index (χ3n) is 4.56. The van der Waals surface area contributed by atoms with Crippen LogP contribution in [0.4, 0.5) is 0 Å². The zero-order chi connectivity index (χ0) is 16.0. The molecule has 0 aliphatic heterocycles. The quantitative estimate of drug-likeness (QED) is 0.630. The molecule has 0 bridgehead atoms. The van der Waals surface area contributed by atoms with Crippen molar-refractivity contribution in [3.63, 3.8) is 0 Å². The molecule has 1 fully saturated rings. The number of hydrogen-bond donors (Lipinski definition) is 1. The summed E-state index contributed by atoms with van der Waals surface area (Å²) in [5, 5.41) is 3.55. The lowest BCUT2D eigenvalue weighted by atomic mass is 9.90. The number of ether oxygens (including phenoxy) is 1. The van der Waals surface area contributed by atoms with Gasteiger partial charge >= 0.3 is 5.97 Å². The summed E-state index contributed by atoms with van der Waals surface area (Å²) >= 11 is 0. The Labute approximate surface area is 130 Å². The third-order valence-corrected chi connectivity index (χ3v) is 4.56. The van der Waals surface area contributed by atoms with Gasteiger partial charge in [0.05, 0.1) is 7.11 Å². The summed E-state index contributed by atoms with van der Waals surface area (Å²) in [6, 6.07) is 0.270. The van der Waals surface area contributed by atoms with Crippen molar-refractivity contribution in [2.45, 2.75) is 65.5 Å². The highest BCUT2D eigenvalue weighted by molar-refractivity contribution is 5.82. The highest BCUT2D eigenvalue weighted by Gasteiger charge is 2.52. The molecule has 0 spiro atoms. The van der Waals surface area contributed by atoms with Crippen molar-refractivity contribution in [3.8, 4) is 0 Å². The fourth-order valence-electron chi connectivity index (χ4n) is 3.08. The number of esters is 1. The summed E-state index contributed by atoms with van der Waals surface area (Å²) in [6.45, 7) is 13.6. The highest BCUT2D eigenvalue weighted by Crippen LogP contribution is 2.41. The maximum atomic E-state index is 12.5. The second kappa shape index (κ2) is 8.14. The van der Waals surface area contributed by atoms with E-state index in [2.05, 4.69) is 44.8 Å². The average molecular weight is 298 g/mol. The van der Waals surface area contributed by atoms with E-state index in [1.807, 2.05) is 0 Å². The number of methoxy groups -OCH3 is 1. The molecule has 0 aromatic heterocycles. The van der Waals surface area contributed by atoms with Crippen LogP contribution < -0.4 is 5.32 Å². The van der Waals surface area contributed by atoms with Crippen molar-refractivity contribution in [2.24, 2.45) is 11.8 Å². The summed E-state index contributed by atoms with van der Waals surface area (Å²) in [7, 11) is 1.51. The third kappa shape index (κ3) is 4.96. The first-order valence-corrected chi connectivity index (χ1v) is 8.48. The van der Waals surface area contributed by atoms with Gasteiger partial charge in [-0.05, 0) is 45.1 Å². The van der Waals surface area contributed by atoms with Gasteiger partial charge in [-0.2, -0.15) is 0 Å². The summed E-state index contributed by atoms with van der Waals surface area (Å²) in [5.74, 6) is 0.971. The SMILES string of the molecule is CCC(C)CN(CC)CC(NC(C)C)(C(=O)OC)C1CC1. The largest absolute Gasteiger partial charge is 0.468 e. The van der Waals surface area contributed by atoms with Crippen LogP contribution in [0.15, 0.2) is 0 Å². The number of nitrogens with one attached hydrogen (secondary N) is 1. The van der Waals surface area contributed by atoms with Crippen LogP contribution in [0.3, 0.4) is 0 Å². The summed E-state index contributed by atoms with van der Waals surface area (Å²) in [6.07, 6.45) is 3.41. The maximum Gasteiger partial charge on any atom is 0.327 e. The zero-order valence-corrected chi connectivity index (χ0v) is 14.7. The molecule has 0 amide bonds. The Morgan fingerprint density at radius 1 is 1.33 bits per heavy atom. The molecule has 2 atom stereocenters. The molecule has 1 N–H and O–H groups in total. The van der Waals surface area contributed by atoms with Crippen LogP contribution in [0, 0.1) is 11.8 Å². The fourth-order valence-corrected chi connectivity index (χ4v) is 3.08. The van der Waals surface area contributed by atoms with E-state index < -0.39 is 5.54 Å². The molecule has 2 unspecified atom stereocenters. The molecule has 1 saturated carbocycles. The molecule has 1 aliphatic rings. The number of likely N-dealkylation sites (N-methyl/N-ethyl adjacent to an activating group) is 1. The van der Waals surface area contributed by atoms with Gasteiger partial charge in [-0.25, -0.2) is 4.79 Å². The Balaban J connectivity index is 2.90. The van der Waals surface area contributed by atoms with Crippen LogP contribution in [0.2, 0.25) is 0 Å². The van der Waals surface area contributed by atoms with Gasteiger partial charge in [-0.15, -0.1) is 0 Å². The van der Waals surface area contributed by atoms with Crippen molar-refractivity contribution < 1.29 is 9.53 Å². The van der Waals surface area contributed by atoms with Crippen LogP contribution >= 0.6 is 0 Å². The normalized spacial score (nSPS) is 19.6. The van der Waals surface area contributed by atoms with Gasteiger partial charge in [0.15, 0.2) is 0 Å². The van der Waals surface area contributed by atoms with Crippen molar-refractivity contribution in [1.29, 1.82) is 0 Å². The Morgan fingerprint density at radius 2 is 1.95 bits per heavy atom. The Kier molecular flexibility index (Phi) is 7.14. The van der Waals surface area contributed by atoms with E-state index in [1.165, 1.54) is 13.5 Å². The minimum Gasteiger partial charge on any atom is -0.468 e. The van der Waals surface area contributed by atoms with E-state index >= 15 is 0 Å². The first-order chi connectivity index (χ1) is 9.89. The lowest BCUT2D eigenvalue weighted by molar-refractivity contribution is -0.151. The maximum absolute atomic E-state index is 12.5. The van der Waals surface area contributed by atoms with E-state index in [-0.39, 0.29) is 12.0 Å². The van der Waals surface area contributed by atoms with Gasteiger partial charge in [0.1, 0.15) is 5.54 Å². The monoisotopic (exact) mass is 298 g/mol.